The first-order valence-electron chi connectivity index (χ1n) is 8.11. The van der Waals surface area contributed by atoms with E-state index in [-0.39, 0.29) is 30.4 Å². The Morgan fingerprint density at radius 3 is 2.54 bits per heavy atom. The zero-order chi connectivity index (χ0) is 18.5. The smallest absolute Gasteiger partial charge is 0.271 e. The Kier molecular flexibility index (Phi) is 5.17. The maximum Gasteiger partial charge on any atom is 0.271 e. The van der Waals surface area contributed by atoms with Crippen LogP contribution in [0.5, 0.6) is 11.5 Å². The van der Waals surface area contributed by atoms with E-state index in [2.05, 4.69) is 10.4 Å². The molecule has 0 aliphatic carbocycles. The molecule has 7 nitrogen and oxygen atoms in total. The second-order valence-corrected chi connectivity index (χ2v) is 5.61. The predicted molar refractivity (Wildman–Crippen MR) is 98.8 cm³/mol. The lowest BCUT2D eigenvalue weighted by Gasteiger charge is -2.23. The number of ether oxygens (including phenoxy) is 2. The highest BCUT2D eigenvalue weighted by Gasteiger charge is 2.26. The summed E-state index contributed by atoms with van der Waals surface area (Å²) in [6, 6.07) is 14.1. The molecule has 1 aliphatic rings. The van der Waals surface area contributed by atoms with Crippen molar-refractivity contribution in [1.29, 1.82) is 0 Å². The van der Waals surface area contributed by atoms with Crippen molar-refractivity contribution in [1.82, 2.24) is 0 Å². The molecule has 0 bridgehead atoms. The Morgan fingerprint density at radius 1 is 1.08 bits per heavy atom. The normalized spacial score (nSPS) is 13.8. The molecular formula is C19H19N3O4. The number of methoxy groups -OCH3 is 2. The number of hydrogen-bond donors (Lipinski definition) is 1. The van der Waals surface area contributed by atoms with Gasteiger partial charge in [-0.05, 0) is 24.3 Å². The minimum atomic E-state index is -0.384. The summed E-state index contributed by atoms with van der Waals surface area (Å²) in [5.41, 5.74) is 1.38. The van der Waals surface area contributed by atoms with Gasteiger partial charge in [0.05, 0.1) is 25.6 Å². The van der Waals surface area contributed by atoms with E-state index >= 15 is 0 Å². The number of para-hydroxylation sites is 1. The van der Waals surface area contributed by atoms with E-state index < -0.39 is 0 Å². The van der Waals surface area contributed by atoms with Gasteiger partial charge in [-0.3, -0.25) is 9.59 Å². The van der Waals surface area contributed by atoms with Gasteiger partial charge in [0, 0.05) is 18.9 Å². The lowest BCUT2D eigenvalue weighted by Crippen LogP contribution is -2.36. The Hall–Kier alpha value is -3.35. The summed E-state index contributed by atoms with van der Waals surface area (Å²) < 4.78 is 10.4. The van der Waals surface area contributed by atoms with Gasteiger partial charge in [0.1, 0.15) is 17.2 Å². The lowest BCUT2D eigenvalue weighted by molar-refractivity contribution is -0.118. The fourth-order valence-corrected chi connectivity index (χ4v) is 2.59. The SMILES string of the molecule is COc1ccc(OC)c(NC(=O)C2=NN(c3ccccc3)C(=O)CC2)c1. The Morgan fingerprint density at radius 2 is 1.85 bits per heavy atom. The number of rotatable bonds is 5. The first-order valence-corrected chi connectivity index (χ1v) is 8.11. The first kappa shape index (κ1) is 17.5. The van der Waals surface area contributed by atoms with Gasteiger partial charge in [0.2, 0.25) is 5.91 Å². The van der Waals surface area contributed by atoms with Crippen LogP contribution in [0.2, 0.25) is 0 Å². The number of hydrazone groups is 1. The van der Waals surface area contributed by atoms with Crippen LogP contribution in [0.4, 0.5) is 11.4 Å². The number of nitrogens with one attached hydrogen (secondary N) is 1. The van der Waals surface area contributed by atoms with Crippen LogP contribution in [0.15, 0.2) is 53.6 Å². The van der Waals surface area contributed by atoms with Crippen molar-refractivity contribution in [2.45, 2.75) is 12.8 Å². The maximum absolute atomic E-state index is 12.6. The van der Waals surface area contributed by atoms with Crippen molar-refractivity contribution in [2.24, 2.45) is 5.10 Å². The van der Waals surface area contributed by atoms with Crippen LogP contribution >= 0.6 is 0 Å². The minimum absolute atomic E-state index is 0.147. The van der Waals surface area contributed by atoms with E-state index in [1.165, 1.54) is 12.1 Å². The van der Waals surface area contributed by atoms with Crippen molar-refractivity contribution in [3.8, 4) is 11.5 Å². The van der Waals surface area contributed by atoms with Crippen LogP contribution in [0.25, 0.3) is 0 Å². The predicted octanol–water partition coefficient (Wildman–Crippen LogP) is 2.83. The fourth-order valence-electron chi connectivity index (χ4n) is 2.59. The van der Waals surface area contributed by atoms with Crippen LogP contribution < -0.4 is 19.8 Å². The zero-order valence-electron chi connectivity index (χ0n) is 14.6. The van der Waals surface area contributed by atoms with E-state index in [0.29, 0.717) is 22.9 Å². The summed E-state index contributed by atoms with van der Waals surface area (Å²) in [6.45, 7) is 0. The van der Waals surface area contributed by atoms with Crippen LogP contribution in [0, 0.1) is 0 Å². The van der Waals surface area contributed by atoms with Crippen LogP contribution in [0.1, 0.15) is 12.8 Å². The number of amides is 2. The molecule has 0 saturated carbocycles. The van der Waals surface area contributed by atoms with E-state index in [1.54, 1.807) is 37.4 Å². The Bertz CT molecular complexity index is 849. The molecule has 1 N–H and O–H groups in total. The molecule has 2 amide bonds. The summed E-state index contributed by atoms with van der Waals surface area (Å²) in [7, 11) is 3.06. The fraction of sp³-hybridized carbons (Fsp3) is 0.211. The molecule has 0 aromatic heterocycles. The highest BCUT2D eigenvalue weighted by atomic mass is 16.5. The van der Waals surface area contributed by atoms with Gasteiger partial charge in [-0.1, -0.05) is 18.2 Å². The van der Waals surface area contributed by atoms with Crippen molar-refractivity contribution < 1.29 is 19.1 Å². The maximum atomic E-state index is 12.6. The number of hydrogen-bond acceptors (Lipinski definition) is 5. The molecular weight excluding hydrogens is 334 g/mol. The number of anilines is 2. The average Bonchev–Trinajstić information content (AvgIpc) is 2.68. The van der Waals surface area contributed by atoms with Crippen LogP contribution in [-0.2, 0) is 9.59 Å². The molecule has 0 spiro atoms. The van der Waals surface area contributed by atoms with Gasteiger partial charge in [-0.2, -0.15) is 5.10 Å². The summed E-state index contributed by atoms with van der Waals surface area (Å²) in [5, 5.41) is 8.29. The van der Waals surface area contributed by atoms with Gasteiger partial charge in [-0.15, -0.1) is 0 Å². The number of nitrogens with zero attached hydrogens (tertiary/aromatic N) is 2. The Labute approximate surface area is 151 Å². The first-order chi connectivity index (χ1) is 12.6. The molecule has 0 saturated heterocycles. The molecule has 0 radical (unpaired) electrons. The van der Waals surface area contributed by atoms with E-state index in [4.69, 9.17) is 9.47 Å². The molecule has 1 aliphatic heterocycles. The zero-order valence-corrected chi connectivity index (χ0v) is 14.6. The molecule has 0 fully saturated rings. The van der Waals surface area contributed by atoms with Gasteiger partial charge in [0.25, 0.3) is 5.91 Å². The molecule has 0 atom stereocenters. The number of benzene rings is 2. The van der Waals surface area contributed by atoms with Crippen molar-refractivity contribution >= 4 is 28.9 Å². The minimum Gasteiger partial charge on any atom is -0.497 e. The van der Waals surface area contributed by atoms with Crippen LogP contribution in [-0.4, -0.2) is 31.7 Å². The molecule has 2 aromatic rings. The molecule has 1 heterocycles. The van der Waals surface area contributed by atoms with Gasteiger partial charge < -0.3 is 14.8 Å². The number of carbonyl (C=O) groups is 2. The third-order valence-electron chi connectivity index (χ3n) is 3.95. The molecule has 3 rings (SSSR count). The third kappa shape index (κ3) is 3.66. The summed E-state index contributed by atoms with van der Waals surface area (Å²) in [4.78, 5) is 24.8. The second kappa shape index (κ2) is 7.69. The van der Waals surface area contributed by atoms with Gasteiger partial charge >= 0.3 is 0 Å². The molecule has 0 unspecified atom stereocenters. The van der Waals surface area contributed by atoms with E-state index in [0.717, 1.165) is 0 Å². The largest absolute Gasteiger partial charge is 0.497 e. The highest BCUT2D eigenvalue weighted by molar-refractivity contribution is 6.44. The molecule has 7 heteroatoms. The van der Waals surface area contributed by atoms with Crippen molar-refractivity contribution in [3.63, 3.8) is 0 Å². The van der Waals surface area contributed by atoms with Crippen LogP contribution in [0.3, 0.4) is 0 Å². The van der Waals surface area contributed by atoms with Crippen molar-refractivity contribution in [3.05, 3.63) is 48.5 Å². The standard InChI is InChI=1S/C19H19N3O4/c1-25-14-8-10-17(26-2)16(12-14)20-19(24)15-9-11-18(23)22(21-15)13-6-4-3-5-7-13/h3-8,10,12H,9,11H2,1-2H3,(H,20,24). The molecule has 26 heavy (non-hydrogen) atoms. The van der Waals surface area contributed by atoms with E-state index in [9.17, 15) is 9.59 Å². The lowest BCUT2D eigenvalue weighted by atomic mass is 10.1. The molecule has 2 aromatic carbocycles. The van der Waals surface area contributed by atoms with E-state index in [1.807, 2.05) is 18.2 Å². The third-order valence-corrected chi connectivity index (χ3v) is 3.95. The monoisotopic (exact) mass is 353 g/mol. The summed E-state index contributed by atoms with van der Waals surface area (Å²) in [5.74, 6) is 0.566. The highest BCUT2D eigenvalue weighted by Crippen LogP contribution is 2.29. The summed E-state index contributed by atoms with van der Waals surface area (Å²) >= 11 is 0. The number of carbonyl (C=O) groups excluding carboxylic acids is 2. The summed E-state index contributed by atoms with van der Waals surface area (Å²) in [6.07, 6.45) is 0.497. The quantitative estimate of drug-likeness (QED) is 0.896. The van der Waals surface area contributed by atoms with Gasteiger partial charge in [-0.25, -0.2) is 5.01 Å². The van der Waals surface area contributed by atoms with Gasteiger partial charge in [0.15, 0.2) is 0 Å². The Balaban J connectivity index is 1.85. The van der Waals surface area contributed by atoms with Crippen molar-refractivity contribution in [2.75, 3.05) is 24.5 Å². The molecule has 134 valence electrons. The second-order valence-electron chi connectivity index (χ2n) is 5.61. The topological polar surface area (TPSA) is 80.2 Å². The average molecular weight is 353 g/mol.